The second-order valence-electron chi connectivity index (χ2n) is 2.59. The van der Waals surface area contributed by atoms with Crippen molar-refractivity contribution in [3.8, 4) is 0 Å². The maximum atomic E-state index is 5.86. The second kappa shape index (κ2) is 3.76. The Bertz CT molecular complexity index is 212. The van der Waals surface area contributed by atoms with Crippen LogP contribution in [0.1, 0.15) is 6.92 Å². The third-order valence-corrected chi connectivity index (χ3v) is 2.88. The molecule has 0 aromatic carbocycles. The van der Waals surface area contributed by atoms with Gasteiger partial charge < -0.3 is 5.73 Å². The van der Waals surface area contributed by atoms with E-state index in [9.17, 15) is 0 Å². The molecule has 0 aliphatic heterocycles. The zero-order valence-corrected chi connectivity index (χ0v) is 8.69. The Morgan fingerprint density at radius 3 is 2.73 bits per heavy atom. The average Bonchev–Trinajstić information content (AvgIpc) is 1.99. The van der Waals surface area contributed by atoms with Crippen molar-refractivity contribution in [1.82, 2.24) is 4.72 Å². The molecule has 2 unspecified atom stereocenters. The highest BCUT2D eigenvalue weighted by molar-refractivity contribution is 9.11. The van der Waals surface area contributed by atoms with E-state index in [0.29, 0.717) is 0 Å². The first-order chi connectivity index (χ1) is 5.16. The number of thiol groups is 1. The molecule has 1 aliphatic carbocycles. The van der Waals surface area contributed by atoms with E-state index >= 15 is 0 Å². The highest BCUT2D eigenvalue weighted by Gasteiger charge is 2.22. The minimum Gasteiger partial charge on any atom is -0.322 e. The van der Waals surface area contributed by atoms with E-state index < -0.39 is 0 Å². The summed E-state index contributed by atoms with van der Waals surface area (Å²) < 4.78 is 3.87. The summed E-state index contributed by atoms with van der Waals surface area (Å²) in [5, 5.41) is 0. The van der Waals surface area contributed by atoms with E-state index in [1.165, 1.54) is 5.57 Å². The molecule has 0 bridgehead atoms. The Morgan fingerprint density at radius 1 is 1.64 bits per heavy atom. The van der Waals surface area contributed by atoms with Gasteiger partial charge in [0.1, 0.15) is 0 Å². The van der Waals surface area contributed by atoms with Crippen LogP contribution in [0, 0.1) is 0 Å². The molecule has 3 N–H and O–H groups in total. The van der Waals surface area contributed by atoms with Crippen LogP contribution in [0.5, 0.6) is 0 Å². The Morgan fingerprint density at radius 2 is 2.27 bits per heavy atom. The van der Waals surface area contributed by atoms with E-state index in [1.807, 2.05) is 19.1 Å². The highest BCUT2D eigenvalue weighted by atomic mass is 79.9. The summed E-state index contributed by atoms with van der Waals surface area (Å²) in [6, 6.07) is 0.121. The third-order valence-electron chi connectivity index (χ3n) is 1.81. The molecule has 0 fully saturated rings. The van der Waals surface area contributed by atoms with Gasteiger partial charge in [0.15, 0.2) is 0 Å². The van der Waals surface area contributed by atoms with Crippen LogP contribution in [0.3, 0.4) is 0 Å². The summed E-state index contributed by atoms with van der Waals surface area (Å²) in [7, 11) is 0. The SMILES string of the molecule is CC1=CC=C(Br)C(N)C1NS. The predicted octanol–water partition coefficient (Wildman–Crippen LogP) is 1.36. The fourth-order valence-corrected chi connectivity index (χ4v) is 1.81. The van der Waals surface area contributed by atoms with Gasteiger partial charge in [0.05, 0.1) is 12.1 Å². The molecule has 11 heavy (non-hydrogen) atoms. The summed E-state index contributed by atoms with van der Waals surface area (Å²) in [4.78, 5) is 0. The van der Waals surface area contributed by atoms with Gasteiger partial charge in [-0.2, -0.15) is 0 Å². The summed E-state index contributed by atoms with van der Waals surface area (Å²) in [6.07, 6.45) is 4.00. The van der Waals surface area contributed by atoms with Gasteiger partial charge >= 0.3 is 0 Å². The van der Waals surface area contributed by atoms with Gasteiger partial charge in [0, 0.05) is 4.48 Å². The molecule has 0 spiro atoms. The molecule has 2 atom stereocenters. The minimum atomic E-state index is -0.0162. The first kappa shape index (κ1) is 9.32. The Kier molecular flexibility index (Phi) is 3.18. The summed E-state index contributed by atoms with van der Waals surface area (Å²) >= 11 is 7.38. The van der Waals surface area contributed by atoms with Crippen LogP contribution in [0.25, 0.3) is 0 Å². The Labute approximate surface area is 80.6 Å². The summed E-state index contributed by atoms with van der Waals surface area (Å²) in [6.45, 7) is 2.03. The molecule has 0 heterocycles. The quantitative estimate of drug-likeness (QED) is 0.600. The lowest BCUT2D eigenvalue weighted by Crippen LogP contribution is -2.43. The standard InChI is InChI=1S/C7H11BrN2S/c1-4-2-3-5(8)6(9)7(4)10-11/h2-3,6-7,10-11H,9H2,1H3. The number of halogens is 1. The van der Waals surface area contributed by atoms with Crippen LogP contribution in [-0.2, 0) is 0 Å². The number of hydrogen-bond acceptors (Lipinski definition) is 3. The zero-order valence-electron chi connectivity index (χ0n) is 6.21. The van der Waals surface area contributed by atoms with E-state index in [2.05, 4.69) is 33.5 Å². The molecule has 0 saturated carbocycles. The molecule has 1 rings (SSSR count). The van der Waals surface area contributed by atoms with Gasteiger partial charge in [-0.25, -0.2) is 0 Å². The smallest absolute Gasteiger partial charge is 0.0577 e. The van der Waals surface area contributed by atoms with Crippen molar-refractivity contribution in [3.63, 3.8) is 0 Å². The molecular formula is C7H11BrN2S. The maximum absolute atomic E-state index is 5.86. The average molecular weight is 235 g/mol. The van der Waals surface area contributed by atoms with E-state index in [1.54, 1.807) is 0 Å². The fourth-order valence-electron chi connectivity index (χ4n) is 1.05. The predicted molar refractivity (Wildman–Crippen MR) is 54.7 cm³/mol. The van der Waals surface area contributed by atoms with Crippen molar-refractivity contribution in [3.05, 3.63) is 22.2 Å². The molecule has 0 radical (unpaired) electrons. The summed E-state index contributed by atoms with van der Waals surface area (Å²) in [5.74, 6) is 0. The van der Waals surface area contributed by atoms with Crippen molar-refractivity contribution in [2.24, 2.45) is 5.73 Å². The Hall–Kier alpha value is 0.230. The molecule has 1 aliphatic rings. The van der Waals surface area contributed by atoms with Crippen molar-refractivity contribution in [2.45, 2.75) is 19.0 Å². The Balaban J connectivity index is 2.84. The molecule has 2 nitrogen and oxygen atoms in total. The lowest BCUT2D eigenvalue weighted by Gasteiger charge is -2.26. The van der Waals surface area contributed by atoms with Crippen LogP contribution in [0.15, 0.2) is 22.2 Å². The largest absolute Gasteiger partial charge is 0.322 e. The maximum Gasteiger partial charge on any atom is 0.0577 e. The topological polar surface area (TPSA) is 38.0 Å². The van der Waals surface area contributed by atoms with Crippen LogP contribution in [0.2, 0.25) is 0 Å². The minimum absolute atomic E-state index is 0.0162. The number of hydrogen-bond donors (Lipinski definition) is 3. The van der Waals surface area contributed by atoms with E-state index in [-0.39, 0.29) is 12.1 Å². The lowest BCUT2D eigenvalue weighted by molar-refractivity contribution is 0.627. The van der Waals surface area contributed by atoms with E-state index in [0.717, 1.165) is 4.48 Å². The number of nitrogens with one attached hydrogen (secondary N) is 1. The van der Waals surface area contributed by atoms with Crippen molar-refractivity contribution in [2.75, 3.05) is 0 Å². The molecule has 0 aromatic heterocycles. The normalized spacial score (nSPS) is 31.3. The van der Waals surface area contributed by atoms with Crippen molar-refractivity contribution in [1.29, 1.82) is 0 Å². The van der Waals surface area contributed by atoms with Gasteiger partial charge in [-0.3, -0.25) is 4.72 Å². The lowest BCUT2D eigenvalue weighted by atomic mass is 9.97. The van der Waals surface area contributed by atoms with Gasteiger partial charge in [0.25, 0.3) is 0 Å². The van der Waals surface area contributed by atoms with Crippen LogP contribution in [0.4, 0.5) is 0 Å². The monoisotopic (exact) mass is 234 g/mol. The molecule has 0 saturated heterocycles. The van der Waals surface area contributed by atoms with Gasteiger partial charge in [-0.05, 0) is 6.92 Å². The summed E-state index contributed by atoms with van der Waals surface area (Å²) in [5.41, 5.74) is 7.06. The fraction of sp³-hybridized carbons (Fsp3) is 0.429. The first-order valence-electron chi connectivity index (χ1n) is 3.36. The van der Waals surface area contributed by atoms with Gasteiger partial charge in [-0.15, -0.1) is 0 Å². The first-order valence-corrected chi connectivity index (χ1v) is 4.60. The number of allylic oxidation sites excluding steroid dienone is 2. The molecule has 4 heteroatoms. The zero-order chi connectivity index (χ0) is 8.43. The highest BCUT2D eigenvalue weighted by Crippen LogP contribution is 2.22. The van der Waals surface area contributed by atoms with Gasteiger partial charge in [0.2, 0.25) is 0 Å². The number of rotatable bonds is 1. The molecule has 62 valence electrons. The third kappa shape index (κ3) is 1.87. The van der Waals surface area contributed by atoms with E-state index in [4.69, 9.17) is 5.73 Å². The van der Waals surface area contributed by atoms with Crippen LogP contribution >= 0.6 is 28.7 Å². The van der Waals surface area contributed by atoms with Crippen molar-refractivity contribution >= 4 is 28.7 Å². The van der Waals surface area contributed by atoms with Crippen molar-refractivity contribution < 1.29 is 0 Å². The number of nitrogens with two attached hydrogens (primary N) is 1. The van der Waals surface area contributed by atoms with Crippen LogP contribution in [-0.4, -0.2) is 12.1 Å². The second-order valence-corrected chi connectivity index (χ2v) is 3.77. The molecular weight excluding hydrogens is 224 g/mol. The molecule has 0 aromatic rings. The van der Waals surface area contributed by atoms with Crippen LogP contribution < -0.4 is 10.5 Å². The molecule has 0 amide bonds. The van der Waals surface area contributed by atoms with Gasteiger partial charge in [-0.1, -0.05) is 46.5 Å².